The molecule has 150 valence electrons. The summed E-state index contributed by atoms with van der Waals surface area (Å²) in [5, 5.41) is 18.4. The number of amides is 2. The molecule has 2 aromatic rings. The fraction of sp³-hybridized carbons (Fsp3) is 0.100. The SMILES string of the molecule is CC(=O)N(C(=N)/C=C(\C=N)NC(=O)Cc1ccccc1Cl)c1cc(F)cc(F)c1. The first-order chi connectivity index (χ1) is 13.7. The number of carbonyl (C=O) groups excluding carboxylic acids is 2. The van der Waals surface area contributed by atoms with Gasteiger partial charge >= 0.3 is 0 Å². The molecule has 3 N–H and O–H groups in total. The van der Waals surface area contributed by atoms with Crippen molar-refractivity contribution in [3.8, 4) is 0 Å². The average molecular weight is 419 g/mol. The summed E-state index contributed by atoms with van der Waals surface area (Å²) in [6.07, 6.45) is 1.74. The number of hydrogen-bond acceptors (Lipinski definition) is 4. The predicted octanol–water partition coefficient (Wildman–Crippen LogP) is 3.84. The Hall–Kier alpha value is -3.39. The average Bonchev–Trinajstić information content (AvgIpc) is 2.62. The summed E-state index contributed by atoms with van der Waals surface area (Å²) in [5.41, 5.74) is 0.296. The van der Waals surface area contributed by atoms with Gasteiger partial charge in [0.25, 0.3) is 0 Å². The molecule has 2 aromatic carbocycles. The third kappa shape index (κ3) is 6.05. The van der Waals surface area contributed by atoms with Crippen LogP contribution in [0.2, 0.25) is 5.02 Å². The lowest BCUT2D eigenvalue weighted by atomic mass is 10.1. The van der Waals surface area contributed by atoms with Crippen LogP contribution in [-0.2, 0) is 16.0 Å². The molecule has 0 bridgehead atoms. The minimum absolute atomic E-state index is 0.0658. The molecule has 0 aliphatic heterocycles. The van der Waals surface area contributed by atoms with Crippen molar-refractivity contribution >= 4 is 41.2 Å². The van der Waals surface area contributed by atoms with Gasteiger partial charge in [0.05, 0.1) is 17.8 Å². The summed E-state index contributed by atoms with van der Waals surface area (Å²) in [6.45, 7) is 1.12. The summed E-state index contributed by atoms with van der Waals surface area (Å²) >= 11 is 6.01. The Morgan fingerprint density at radius 1 is 1.17 bits per heavy atom. The second kappa shape index (κ2) is 9.70. The number of anilines is 1. The molecule has 2 rings (SSSR count). The predicted molar refractivity (Wildman–Crippen MR) is 107 cm³/mol. The molecular weight excluding hydrogens is 402 g/mol. The van der Waals surface area contributed by atoms with Gasteiger partial charge in [-0.15, -0.1) is 0 Å². The second-order valence-corrected chi connectivity index (χ2v) is 6.33. The first kappa shape index (κ1) is 21.9. The van der Waals surface area contributed by atoms with E-state index in [0.717, 1.165) is 36.2 Å². The van der Waals surface area contributed by atoms with E-state index < -0.39 is 29.3 Å². The third-order valence-electron chi connectivity index (χ3n) is 3.70. The zero-order valence-electron chi connectivity index (χ0n) is 15.3. The van der Waals surface area contributed by atoms with Gasteiger partial charge in [-0.25, -0.2) is 8.78 Å². The van der Waals surface area contributed by atoms with E-state index in [1.165, 1.54) is 0 Å². The molecule has 0 heterocycles. The monoisotopic (exact) mass is 418 g/mol. The van der Waals surface area contributed by atoms with Gasteiger partial charge in [0.2, 0.25) is 11.8 Å². The van der Waals surface area contributed by atoms with Gasteiger partial charge in [0, 0.05) is 30.3 Å². The molecular formula is C20H17ClF2N4O2. The minimum atomic E-state index is -0.914. The molecule has 6 nitrogen and oxygen atoms in total. The second-order valence-electron chi connectivity index (χ2n) is 5.93. The maximum atomic E-state index is 13.5. The highest BCUT2D eigenvalue weighted by atomic mass is 35.5. The molecule has 0 unspecified atom stereocenters. The standard InChI is InChI=1S/C20H17ClF2N4O2/c1-12(28)27(17-8-14(22)7-15(23)9-17)19(25)10-16(11-24)26-20(29)6-13-4-2-3-5-18(13)21/h2-5,7-11,24-25H,6H2,1H3,(H,26,29)/b16-10+,24-11?,25-19?. The molecule has 0 spiro atoms. The summed E-state index contributed by atoms with van der Waals surface area (Å²) in [7, 11) is 0. The summed E-state index contributed by atoms with van der Waals surface area (Å²) in [6, 6.07) is 9.18. The van der Waals surface area contributed by atoms with Gasteiger partial charge in [-0.1, -0.05) is 29.8 Å². The van der Waals surface area contributed by atoms with Crippen LogP contribution >= 0.6 is 11.6 Å². The molecule has 0 saturated carbocycles. The molecule has 0 atom stereocenters. The van der Waals surface area contributed by atoms with Crippen LogP contribution in [0, 0.1) is 22.5 Å². The smallest absolute Gasteiger partial charge is 0.229 e. The molecule has 9 heteroatoms. The van der Waals surface area contributed by atoms with E-state index >= 15 is 0 Å². The van der Waals surface area contributed by atoms with Gasteiger partial charge < -0.3 is 10.7 Å². The van der Waals surface area contributed by atoms with Crippen molar-refractivity contribution < 1.29 is 18.4 Å². The Morgan fingerprint density at radius 2 is 1.79 bits per heavy atom. The van der Waals surface area contributed by atoms with Crippen molar-refractivity contribution in [2.24, 2.45) is 0 Å². The maximum absolute atomic E-state index is 13.5. The van der Waals surface area contributed by atoms with Crippen LogP contribution in [0.5, 0.6) is 0 Å². The molecule has 0 aliphatic carbocycles. The zero-order chi connectivity index (χ0) is 21.6. The van der Waals surface area contributed by atoms with Gasteiger partial charge in [-0.05, 0) is 23.8 Å². The Morgan fingerprint density at radius 3 is 2.34 bits per heavy atom. The number of benzene rings is 2. The number of halogens is 3. The Balaban J connectivity index is 2.22. The van der Waals surface area contributed by atoms with E-state index in [1.54, 1.807) is 24.3 Å². The summed E-state index contributed by atoms with van der Waals surface area (Å²) in [5.74, 6) is -3.49. The molecule has 29 heavy (non-hydrogen) atoms. The number of hydrogen-bond donors (Lipinski definition) is 3. The van der Waals surface area contributed by atoms with Crippen molar-refractivity contribution in [1.82, 2.24) is 5.32 Å². The van der Waals surface area contributed by atoms with E-state index in [1.807, 2.05) is 0 Å². The number of allylic oxidation sites excluding steroid dienone is 1. The minimum Gasteiger partial charge on any atom is -0.324 e. The highest BCUT2D eigenvalue weighted by molar-refractivity contribution is 6.31. The number of rotatable bonds is 6. The Bertz CT molecular complexity index is 987. The van der Waals surface area contributed by atoms with Crippen LogP contribution in [0.4, 0.5) is 14.5 Å². The van der Waals surface area contributed by atoms with Crippen molar-refractivity contribution in [2.75, 3.05) is 4.90 Å². The molecule has 0 saturated heterocycles. The van der Waals surface area contributed by atoms with Crippen molar-refractivity contribution in [3.05, 3.63) is 76.5 Å². The lowest BCUT2D eigenvalue weighted by Gasteiger charge is -2.20. The summed E-state index contributed by atoms with van der Waals surface area (Å²) < 4.78 is 27.0. The van der Waals surface area contributed by atoms with E-state index in [-0.39, 0.29) is 17.8 Å². The largest absolute Gasteiger partial charge is 0.324 e. The lowest BCUT2D eigenvalue weighted by Crippen LogP contribution is -2.35. The quantitative estimate of drug-likeness (QED) is 0.490. The maximum Gasteiger partial charge on any atom is 0.229 e. The van der Waals surface area contributed by atoms with E-state index in [9.17, 15) is 18.4 Å². The topological polar surface area (TPSA) is 97.1 Å². The first-order valence-corrected chi connectivity index (χ1v) is 8.70. The molecule has 0 radical (unpaired) electrons. The van der Waals surface area contributed by atoms with Crippen LogP contribution in [-0.4, -0.2) is 23.9 Å². The molecule has 0 aromatic heterocycles. The van der Waals surface area contributed by atoms with Crippen LogP contribution in [0.15, 0.2) is 54.2 Å². The summed E-state index contributed by atoms with van der Waals surface area (Å²) in [4.78, 5) is 24.9. The van der Waals surface area contributed by atoms with Crippen molar-refractivity contribution in [3.63, 3.8) is 0 Å². The van der Waals surface area contributed by atoms with Gasteiger partial charge in [-0.3, -0.25) is 19.9 Å². The van der Waals surface area contributed by atoms with E-state index in [2.05, 4.69) is 5.32 Å². The van der Waals surface area contributed by atoms with Gasteiger partial charge in [0.1, 0.15) is 17.5 Å². The number of carbonyl (C=O) groups is 2. The molecule has 0 aliphatic rings. The highest BCUT2D eigenvalue weighted by Gasteiger charge is 2.18. The number of amidine groups is 1. The zero-order valence-corrected chi connectivity index (χ0v) is 16.1. The van der Waals surface area contributed by atoms with Crippen LogP contribution in [0.25, 0.3) is 0 Å². The third-order valence-corrected chi connectivity index (χ3v) is 4.07. The van der Waals surface area contributed by atoms with E-state index in [4.69, 9.17) is 22.4 Å². The Labute approximate surface area is 170 Å². The van der Waals surface area contributed by atoms with Crippen LogP contribution in [0.3, 0.4) is 0 Å². The van der Waals surface area contributed by atoms with Gasteiger partial charge in [-0.2, -0.15) is 0 Å². The molecule has 0 fully saturated rings. The van der Waals surface area contributed by atoms with Crippen LogP contribution in [0.1, 0.15) is 12.5 Å². The lowest BCUT2D eigenvalue weighted by molar-refractivity contribution is -0.119. The number of nitrogens with zero attached hydrogens (tertiary/aromatic N) is 1. The normalized spacial score (nSPS) is 11.0. The van der Waals surface area contributed by atoms with Crippen molar-refractivity contribution in [2.45, 2.75) is 13.3 Å². The number of nitrogens with one attached hydrogen (secondary N) is 3. The van der Waals surface area contributed by atoms with Crippen LogP contribution < -0.4 is 10.2 Å². The van der Waals surface area contributed by atoms with E-state index in [0.29, 0.717) is 16.7 Å². The highest BCUT2D eigenvalue weighted by Crippen LogP contribution is 2.19. The fourth-order valence-corrected chi connectivity index (χ4v) is 2.71. The first-order valence-electron chi connectivity index (χ1n) is 8.32. The van der Waals surface area contributed by atoms with Gasteiger partial charge in [0.15, 0.2) is 0 Å². The van der Waals surface area contributed by atoms with Crippen molar-refractivity contribution in [1.29, 1.82) is 10.8 Å². The Kier molecular flexibility index (Phi) is 7.33. The molecule has 2 amide bonds. The fourth-order valence-electron chi connectivity index (χ4n) is 2.50.